The van der Waals surface area contributed by atoms with Crippen LogP contribution >= 0.6 is 11.8 Å². The largest absolute Gasteiger partial charge is 0.458 e. The summed E-state index contributed by atoms with van der Waals surface area (Å²) in [6, 6.07) is -1.30. The molecule has 11 atom stereocenters. The number of benzene rings is 1. The standard InChI is InChI=1S/C48H73N7O15S/c1-16-34(57)51-36(39(58)24(2)3)47(65)70-40(25(4)5)37-45(63)55(13)38(29(9)67-14)48(66)69-33(23-71-15)35(50-30(10)56)46(64)68-32(22-31-20-18-17-19-21-31)44(62)54(12)27(7)41(59)49-26(6)43(61)53(11)28(8)42(60)52-37/h17-21,24-26,28-29,32-33,35-40,58H,7,16,22-23H2,1-6,8-15H3,(H,49,59)(H,50,56)(H,51,57)(H,52,60)/t26-,28-,29+,32+,33+,35-,36-,37-,38-,39+,40+/m0/s1. The molecule has 0 aliphatic carbocycles. The van der Waals surface area contributed by atoms with E-state index in [1.807, 2.05) is 0 Å². The van der Waals surface area contributed by atoms with Crippen LogP contribution in [0.15, 0.2) is 42.6 Å². The van der Waals surface area contributed by atoms with E-state index >= 15 is 4.79 Å². The fourth-order valence-corrected chi connectivity index (χ4v) is 7.88. The van der Waals surface area contributed by atoms with Gasteiger partial charge in [0.2, 0.25) is 29.5 Å². The molecule has 1 aromatic rings. The summed E-state index contributed by atoms with van der Waals surface area (Å²) in [5.74, 6) is -11.2. The second kappa shape index (κ2) is 28.1. The molecule has 22 nitrogen and oxygen atoms in total. The van der Waals surface area contributed by atoms with Crippen LogP contribution in [0.3, 0.4) is 0 Å². The van der Waals surface area contributed by atoms with E-state index in [9.17, 15) is 48.3 Å². The number of rotatable bonds is 15. The molecule has 5 N–H and O–H groups in total. The average molecular weight is 1020 g/mol. The van der Waals surface area contributed by atoms with Gasteiger partial charge in [0.15, 0.2) is 24.2 Å². The summed E-state index contributed by atoms with van der Waals surface area (Å²) in [5.41, 5.74) is 0.0580. The molecule has 1 fully saturated rings. The van der Waals surface area contributed by atoms with E-state index in [0.29, 0.717) is 5.56 Å². The van der Waals surface area contributed by atoms with Crippen molar-refractivity contribution in [3.05, 3.63) is 48.2 Å². The number of esters is 3. The van der Waals surface area contributed by atoms with Crippen LogP contribution in [-0.2, 0) is 73.3 Å². The minimum atomic E-state index is -1.86. The zero-order valence-corrected chi connectivity index (χ0v) is 43.9. The lowest BCUT2D eigenvalue weighted by Crippen LogP contribution is -2.64. The molecule has 0 saturated carbocycles. The van der Waals surface area contributed by atoms with Crippen molar-refractivity contribution in [2.24, 2.45) is 11.8 Å². The van der Waals surface area contributed by atoms with Gasteiger partial charge in [-0.15, -0.1) is 0 Å². The molecule has 23 heteroatoms. The van der Waals surface area contributed by atoms with Crippen molar-refractivity contribution in [3.63, 3.8) is 0 Å². The Labute approximate surface area is 420 Å². The van der Waals surface area contributed by atoms with Gasteiger partial charge in [0.1, 0.15) is 36.0 Å². The summed E-state index contributed by atoms with van der Waals surface area (Å²) in [6.07, 6.45) is -6.12. The van der Waals surface area contributed by atoms with Crippen molar-refractivity contribution in [1.29, 1.82) is 0 Å². The van der Waals surface area contributed by atoms with Crippen molar-refractivity contribution in [2.75, 3.05) is 40.3 Å². The summed E-state index contributed by atoms with van der Waals surface area (Å²) in [6.45, 7) is 16.7. The Bertz CT molecular complexity index is 2090. The number of hydrogen-bond donors (Lipinski definition) is 5. The van der Waals surface area contributed by atoms with Crippen molar-refractivity contribution >= 4 is 71.0 Å². The maximum atomic E-state index is 15.1. The van der Waals surface area contributed by atoms with Crippen LogP contribution in [0, 0.1) is 11.8 Å². The minimum Gasteiger partial charge on any atom is -0.458 e. The van der Waals surface area contributed by atoms with E-state index in [2.05, 4.69) is 27.8 Å². The molecule has 396 valence electrons. The molecule has 0 unspecified atom stereocenters. The third kappa shape index (κ3) is 16.8. The van der Waals surface area contributed by atoms with Crippen LogP contribution in [0.1, 0.15) is 74.3 Å². The predicted octanol–water partition coefficient (Wildman–Crippen LogP) is 0.0839. The minimum absolute atomic E-state index is 0.0590. The third-order valence-electron chi connectivity index (χ3n) is 11.9. The van der Waals surface area contributed by atoms with Gasteiger partial charge >= 0.3 is 17.9 Å². The zero-order chi connectivity index (χ0) is 54.2. The van der Waals surface area contributed by atoms with Crippen LogP contribution in [0.4, 0.5) is 0 Å². The van der Waals surface area contributed by atoms with E-state index in [1.165, 1.54) is 55.9 Å². The molecule has 1 heterocycles. The van der Waals surface area contributed by atoms with Gasteiger partial charge in [-0.2, -0.15) is 11.8 Å². The summed E-state index contributed by atoms with van der Waals surface area (Å²) in [5, 5.41) is 21.0. The van der Waals surface area contributed by atoms with Crippen LogP contribution < -0.4 is 21.3 Å². The smallest absolute Gasteiger partial charge is 0.333 e. The Kier molecular flexibility index (Phi) is 24.2. The van der Waals surface area contributed by atoms with Gasteiger partial charge in [-0.3, -0.25) is 33.6 Å². The SMILES string of the molecule is C=C1C(=O)N[C@@H](C)C(=O)N(C)[C@@H](C)C(=O)N[C@@H]([C@H](OC(=O)[C@@H](NC(=O)CC)[C@H](O)C(C)C)C(C)C)C(=O)N(C)[C@@H]([C@@H](C)OC)C(=O)O[C@H](CSC)[C@H](NC(C)=O)C(=O)O[C@H](Cc2ccccc2)C(=O)N1C. The first-order chi connectivity index (χ1) is 33.1. The number of cyclic esters (lactones) is 2. The first-order valence-corrected chi connectivity index (χ1v) is 24.6. The molecule has 7 amide bonds. The molecule has 2 rings (SSSR count). The summed E-state index contributed by atoms with van der Waals surface area (Å²) < 4.78 is 23.3. The van der Waals surface area contributed by atoms with Crippen molar-refractivity contribution in [3.8, 4) is 0 Å². The summed E-state index contributed by atoms with van der Waals surface area (Å²) in [4.78, 5) is 142. The van der Waals surface area contributed by atoms with Gasteiger partial charge in [0.05, 0.1) is 12.2 Å². The van der Waals surface area contributed by atoms with Crippen LogP contribution in [-0.4, -0.2) is 186 Å². The second-order valence-electron chi connectivity index (χ2n) is 18.0. The molecule has 1 saturated heterocycles. The number of ether oxygens (including phenoxy) is 4. The monoisotopic (exact) mass is 1020 g/mol. The number of nitrogens with one attached hydrogen (secondary N) is 4. The number of hydrogen-bond acceptors (Lipinski definition) is 16. The highest BCUT2D eigenvalue weighted by Gasteiger charge is 2.46. The first kappa shape index (κ1) is 61.1. The summed E-state index contributed by atoms with van der Waals surface area (Å²) in [7, 11) is 4.88. The number of aliphatic hydroxyl groups excluding tert-OH is 1. The summed E-state index contributed by atoms with van der Waals surface area (Å²) >= 11 is 1.11. The third-order valence-corrected chi connectivity index (χ3v) is 12.6. The number of carbonyl (C=O) groups is 10. The molecule has 1 aliphatic heterocycles. The first-order valence-electron chi connectivity index (χ1n) is 23.2. The lowest BCUT2D eigenvalue weighted by atomic mass is 9.95. The van der Waals surface area contributed by atoms with Crippen molar-refractivity contribution < 1.29 is 72.0 Å². The number of nitrogens with zero attached hydrogens (tertiary/aromatic N) is 3. The highest BCUT2D eigenvalue weighted by Crippen LogP contribution is 2.22. The lowest BCUT2D eigenvalue weighted by Gasteiger charge is -2.38. The van der Waals surface area contributed by atoms with Crippen molar-refractivity contribution in [1.82, 2.24) is 36.0 Å². The predicted molar refractivity (Wildman–Crippen MR) is 260 cm³/mol. The fourth-order valence-electron chi connectivity index (χ4n) is 7.29. The molecule has 1 aliphatic rings. The van der Waals surface area contributed by atoms with Crippen LogP contribution in [0.25, 0.3) is 0 Å². The Morgan fingerprint density at radius 2 is 1.48 bits per heavy atom. The van der Waals surface area contributed by atoms with E-state index < -0.39 is 144 Å². The number of methoxy groups -OCH3 is 1. The number of amides is 7. The maximum absolute atomic E-state index is 15.1. The van der Waals surface area contributed by atoms with Crippen LogP contribution in [0.2, 0.25) is 0 Å². The lowest BCUT2D eigenvalue weighted by molar-refractivity contribution is -0.174. The molecule has 0 spiro atoms. The number of carbonyl (C=O) groups excluding carboxylic acids is 10. The average Bonchev–Trinajstić information content (AvgIpc) is 3.32. The van der Waals surface area contributed by atoms with Gasteiger partial charge in [0.25, 0.3) is 11.8 Å². The highest BCUT2D eigenvalue weighted by atomic mass is 32.2. The van der Waals surface area contributed by atoms with E-state index in [4.69, 9.17) is 18.9 Å². The molecular formula is C48H73N7O15S. The maximum Gasteiger partial charge on any atom is 0.333 e. The molecule has 0 bridgehead atoms. The highest BCUT2D eigenvalue weighted by molar-refractivity contribution is 7.98. The zero-order valence-electron chi connectivity index (χ0n) is 43.1. The quantitative estimate of drug-likeness (QED) is 0.0884. The number of thioether (sulfide) groups is 1. The Hall–Kier alpha value is -6.07. The Balaban J connectivity index is 2.97. The molecular weight excluding hydrogens is 947 g/mol. The van der Waals surface area contributed by atoms with Gasteiger partial charge in [-0.05, 0) is 44.4 Å². The van der Waals surface area contributed by atoms with Gasteiger partial charge in [-0.25, -0.2) is 14.4 Å². The number of aliphatic hydroxyl groups is 1. The van der Waals surface area contributed by atoms with E-state index in [1.54, 1.807) is 64.3 Å². The van der Waals surface area contributed by atoms with E-state index in [-0.39, 0.29) is 18.6 Å². The van der Waals surface area contributed by atoms with Crippen molar-refractivity contribution in [2.45, 2.75) is 142 Å². The fraction of sp³-hybridized carbons (Fsp3) is 0.625. The van der Waals surface area contributed by atoms with Gasteiger partial charge in [0, 0.05) is 53.8 Å². The van der Waals surface area contributed by atoms with Gasteiger partial charge < -0.3 is 60.0 Å². The molecule has 0 aromatic heterocycles. The number of likely N-dealkylation sites (N-methyl/N-ethyl adjacent to an activating group) is 3. The van der Waals surface area contributed by atoms with E-state index in [0.717, 1.165) is 33.4 Å². The molecule has 71 heavy (non-hydrogen) atoms. The Morgan fingerprint density at radius 1 is 0.873 bits per heavy atom. The topological polar surface area (TPSA) is 286 Å². The van der Waals surface area contributed by atoms with Gasteiger partial charge in [-0.1, -0.05) is 71.5 Å². The second-order valence-corrected chi connectivity index (χ2v) is 18.9. The van der Waals surface area contributed by atoms with Crippen LogP contribution in [0.5, 0.6) is 0 Å². The Morgan fingerprint density at radius 3 is 2.00 bits per heavy atom. The normalized spacial score (nSPS) is 24.6. The molecule has 1 aromatic carbocycles. The molecule has 0 radical (unpaired) electrons.